The van der Waals surface area contributed by atoms with E-state index in [2.05, 4.69) is 53.7 Å². The van der Waals surface area contributed by atoms with Gasteiger partial charge in [-0.2, -0.15) is 0 Å². The summed E-state index contributed by atoms with van der Waals surface area (Å²) in [6.45, 7) is 14.3. The van der Waals surface area contributed by atoms with Crippen molar-refractivity contribution < 1.29 is 9.90 Å². The first-order valence-electron chi connectivity index (χ1n) is 12.7. The molecule has 4 rings (SSSR count). The molecule has 0 amide bonds. The van der Waals surface area contributed by atoms with Crippen LogP contribution in [0.4, 0.5) is 0 Å². The van der Waals surface area contributed by atoms with Crippen molar-refractivity contribution in [3.8, 4) is 0 Å². The Hall–Kier alpha value is -0.890. The second-order valence-electron chi connectivity index (χ2n) is 12.2. The van der Waals surface area contributed by atoms with Crippen molar-refractivity contribution in [3.63, 3.8) is 0 Å². The number of aliphatic hydroxyl groups is 1. The van der Waals surface area contributed by atoms with Gasteiger partial charge in [0.1, 0.15) is 0 Å². The number of fused-ring (bicyclic) bond motifs is 5. The van der Waals surface area contributed by atoms with Gasteiger partial charge in [-0.15, -0.1) is 0 Å². The summed E-state index contributed by atoms with van der Waals surface area (Å²) in [4.78, 5) is 13.4. The van der Waals surface area contributed by atoms with E-state index >= 15 is 0 Å². The maximum Gasteiger partial charge on any atom is 0.159 e. The zero-order valence-corrected chi connectivity index (χ0v) is 20.2. The highest BCUT2D eigenvalue weighted by atomic mass is 16.3. The van der Waals surface area contributed by atoms with Crippen LogP contribution in [0.5, 0.6) is 0 Å². The van der Waals surface area contributed by atoms with Crippen molar-refractivity contribution in [2.45, 2.75) is 92.6 Å². The third-order valence-corrected chi connectivity index (χ3v) is 10.4. The molecule has 0 bridgehead atoms. The highest BCUT2D eigenvalue weighted by Gasteiger charge is 2.61. The Morgan fingerprint density at radius 3 is 2.43 bits per heavy atom. The Morgan fingerprint density at radius 2 is 1.73 bits per heavy atom. The molecule has 4 aliphatic carbocycles. The predicted molar refractivity (Wildman–Crippen MR) is 124 cm³/mol. The maximum atomic E-state index is 13.4. The molecule has 0 heterocycles. The number of carbonyl (C=O) groups is 1. The lowest BCUT2D eigenvalue weighted by atomic mass is 9.46. The first-order valence-corrected chi connectivity index (χ1v) is 12.7. The van der Waals surface area contributed by atoms with Crippen LogP contribution >= 0.6 is 0 Å². The molecule has 2 nitrogen and oxygen atoms in total. The van der Waals surface area contributed by atoms with Gasteiger partial charge < -0.3 is 5.11 Å². The molecule has 2 heteroatoms. The molecule has 9 atom stereocenters. The smallest absolute Gasteiger partial charge is 0.159 e. The van der Waals surface area contributed by atoms with Gasteiger partial charge in [-0.1, -0.05) is 59.3 Å². The summed E-state index contributed by atoms with van der Waals surface area (Å²) in [5, 5.41) is 10.2. The molecule has 0 radical (unpaired) electrons. The Labute approximate surface area is 184 Å². The second-order valence-corrected chi connectivity index (χ2v) is 12.2. The summed E-state index contributed by atoms with van der Waals surface area (Å²) in [5.41, 5.74) is 1.68. The molecule has 3 fully saturated rings. The molecule has 0 aliphatic heterocycles. The summed E-state index contributed by atoms with van der Waals surface area (Å²) in [7, 11) is 0. The molecule has 0 aromatic heterocycles. The fourth-order valence-electron chi connectivity index (χ4n) is 7.99. The Bertz CT molecular complexity index is 733. The number of hydrogen-bond acceptors (Lipinski definition) is 2. The molecule has 0 aromatic carbocycles. The molecule has 4 aliphatic rings. The topological polar surface area (TPSA) is 37.3 Å². The van der Waals surface area contributed by atoms with Crippen LogP contribution in [-0.2, 0) is 4.79 Å². The third-order valence-electron chi connectivity index (χ3n) is 10.4. The summed E-state index contributed by atoms with van der Waals surface area (Å²) in [6.07, 6.45) is 14.2. The van der Waals surface area contributed by atoms with Crippen molar-refractivity contribution in [2.24, 2.45) is 52.3 Å². The third kappa shape index (κ3) is 3.46. The quantitative estimate of drug-likeness (QED) is 0.529. The first-order chi connectivity index (χ1) is 14.1. The minimum absolute atomic E-state index is 0.134. The molecular formula is C28H44O2. The van der Waals surface area contributed by atoms with E-state index in [0.717, 1.165) is 12.8 Å². The fraction of sp³-hybridized carbons (Fsp3) is 0.821. The standard InChI is InChI=1S/C28H44O2/c1-17(2)18(3)7-8-19(4)22-9-10-23-26-24(12-14-28(22,23)6)27(5)13-11-21(29)15-20(27)16-25(26)30/h7-8,16-19,21-24,26,29H,9-15H2,1-6H3/b8-7+/t18-,19+,21-,22+,23-,24-,26-,27-,28+/m0/s1. The van der Waals surface area contributed by atoms with Crippen molar-refractivity contribution in [1.29, 1.82) is 0 Å². The minimum atomic E-state index is -0.251. The molecule has 0 saturated heterocycles. The van der Waals surface area contributed by atoms with E-state index < -0.39 is 0 Å². The van der Waals surface area contributed by atoms with Crippen LogP contribution in [0, 0.1) is 52.3 Å². The van der Waals surface area contributed by atoms with E-state index in [-0.39, 0.29) is 22.9 Å². The van der Waals surface area contributed by atoms with E-state index in [1.165, 1.54) is 31.3 Å². The van der Waals surface area contributed by atoms with Crippen molar-refractivity contribution in [1.82, 2.24) is 0 Å². The average molecular weight is 413 g/mol. The molecule has 0 aromatic rings. The Morgan fingerprint density at radius 1 is 1.00 bits per heavy atom. The summed E-state index contributed by atoms with van der Waals surface area (Å²) in [5.74, 6) is 4.21. The van der Waals surface area contributed by atoms with Crippen molar-refractivity contribution in [2.75, 3.05) is 0 Å². The lowest BCUT2D eigenvalue weighted by Crippen LogP contribution is -2.53. The van der Waals surface area contributed by atoms with Gasteiger partial charge in [-0.05, 0) is 97.4 Å². The van der Waals surface area contributed by atoms with Gasteiger partial charge in [0.05, 0.1) is 6.10 Å². The number of ketones is 1. The number of hydrogen-bond donors (Lipinski definition) is 1. The molecule has 0 unspecified atom stereocenters. The lowest BCUT2D eigenvalue weighted by molar-refractivity contribution is -0.134. The lowest BCUT2D eigenvalue weighted by Gasteiger charge is -2.57. The summed E-state index contributed by atoms with van der Waals surface area (Å²) >= 11 is 0. The van der Waals surface area contributed by atoms with Crippen molar-refractivity contribution in [3.05, 3.63) is 23.8 Å². The highest BCUT2D eigenvalue weighted by Crippen LogP contribution is 2.66. The summed E-state index contributed by atoms with van der Waals surface area (Å²) in [6, 6.07) is 0. The van der Waals surface area contributed by atoms with Crippen LogP contribution in [0.15, 0.2) is 23.8 Å². The number of allylic oxidation sites excluding steroid dienone is 3. The molecular weight excluding hydrogens is 368 g/mol. The van der Waals surface area contributed by atoms with E-state index in [4.69, 9.17) is 0 Å². The predicted octanol–water partition coefficient (Wildman–Crippen LogP) is 6.59. The number of carbonyl (C=O) groups excluding carboxylic acids is 1. The zero-order valence-electron chi connectivity index (χ0n) is 20.2. The van der Waals surface area contributed by atoms with Crippen LogP contribution in [-0.4, -0.2) is 17.0 Å². The molecule has 168 valence electrons. The van der Waals surface area contributed by atoms with Gasteiger partial charge >= 0.3 is 0 Å². The Kier molecular flexibility index (Phi) is 5.88. The summed E-state index contributed by atoms with van der Waals surface area (Å²) < 4.78 is 0. The molecule has 3 saturated carbocycles. The largest absolute Gasteiger partial charge is 0.393 e. The first kappa shape index (κ1) is 22.3. The van der Waals surface area contributed by atoms with Crippen LogP contribution in [0.2, 0.25) is 0 Å². The van der Waals surface area contributed by atoms with Gasteiger partial charge in [0.2, 0.25) is 0 Å². The fourth-order valence-corrected chi connectivity index (χ4v) is 7.99. The van der Waals surface area contributed by atoms with Gasteiger partial charge in [0.15, 0.2) is 5.78 Å². The van der Waals surface area contributed by atoms with Gasteiger partial charge in [0.25, 0.3) is 0 Å². The zero-order chi connectivity index (χ0) is 21.8. The normalized spacial score (nSPS) is 45.7. The van der Waals surface area contributed by atoms with E-state index in [9.17, 15) is 9.90 Å². The second kappa shape index (κ2) is 7.91. The molecule has 1 N–H and O–H groups in total. The van der Waals surface area contributed by atoms with Gasteiger partial charge in [-0.3, -0.25) is 4.79 Å². The van der Waals surface area contributed by atoms with Crippen LogP contribution in [0.1, 0.15) is 86.5 Å². The van der Waals surface area contributed by atoms with Gasteiger partial charge in [0, 0.05) is 5.92 Å². The maximum absolute atomic E-state index is 13.4. The monoisotopic (exact) mass is 412 g/mol. The SMILES string of the molecule is CC(C)[C@@H](C)/C=C/[C@@H](C)[C@H]1CC[C@H]2[C@@H]3C(=O)C=C4C[C@@H](O)CC[C@]4(C)[C@H]3CC[C@]12C. The van der Waals surface area contributed by atoms with Gasteiger partial charge in [-0.25, -0.2) is 0 Å². The minimum Gasteiger partial charge on any atom is -0.393 e. The van der Waals surface area contributed by atoms with Crippen LogP contribution in [0.3, 0.4) is 0 Å². The van der Waals surface area contributed by atoms with E-state index in [0.29, 0.717) is 47.7 Å². The van der Waals surface area contributed by atoms with E-state index in [1.54, 1.807) is 0 Å². The number of rotatable bonds is 4. The van der Waals surface area contributed by atoms with Crippen molar-refractivity contribution >= 4 is 5.78 Å². The average Bonchev–Trinajstić information content (AvgIpc) is 3.04. The van der Waals surface area contributed by atoms with Crippen LogP contribution < -0.4 is 0 Å². The van der Waals surface area contributed by atoms with Crippen LogP contribution in [0.25, 0.3) is 0 Å². The van der Waals surface area contributed by atoms with E-state index in [1.807, 2.05) is 6.08 Å². The molecule has 0 spiro atoms. The molecule has 30 heavy (non-hydrogen) atoms. The Balaban J connectivity index is 1.58. The highest BCUT2D eigenvalue weighted by molar-refractivity contribution is 5.94. The number of aliphatic hydroxyl groups excluding tert-OH is 1.